The van der Waals surface area contributed by atoms with Crippen molar-refractivity contribution in [1.82, 2.24) is 9.62 Å². The summed E-state index contributed by atoms with van der Waals surface area (Å²) in [6.07, 6.45) is 9.15. The Morgan fingerprint density at radius 3 is 2.38 bits per heavy atom. The molecule has 0 radical (unpaired) electrons. The Bertz CT molecular complexity index is 675. The van der Waals surface area contributed by atoms with Gasteiger partial charge >= 0.3 is 0 Å². The molecule has 0 unspecified atom stereocenters. The molecule has 1 amide bonds. The SMILES string of the molecule is CCN(C(=O)/C=C/c1ccc(S(=O)(=O)NC)cc1)C1CCCCC1. The molecule has 1 aliphatic carbocycles. The summed E-state index contributed by atoms with van der Waals surface area (Å²) in [5.74, 6) is 0.0244. The highest BCUT2D eigenvalue weighted by molar-refractivity contribution is 7.89. The first kappa shape index (κ1) is 18.7. The number of carbonyl (C=O) groups excluding carboxylic acids is 1. The average Bonchev–Trinajstić information content (AvgIpc) is 2.62. The zero-order valence-electron chi connectivity index (χ0n) is 14.4. The van der Waals surface area contributed by atoms with Crippen molar-refractivity contribution < 1.29 is 13.2 Å². The number of benzene rings is 1. The van der Waals surface area contributed by atoms with Crippen molar-refractivity contribution in [3.05, 3.63) is 35.9 Å². The molecule has 0 aliphatic heterocycles. The molecular formula is C18H26N2O3S. The number of nitrogens with zero attached hydrogens (tertiary/aromatic N) is 1. The van der Waals surface area contributed by atoms with E-state index in [1.807, 2.05) is 11.8 Å². The number of likely N-dealkylation sites (N-methyl/N-ethyl adjacent to an activating group) is 1. The molecule has 1 fully saturated rings. The smallest absolute Gasteiger partial charge is 0.246 e. The lowest BCUT2D eigenvalue weighted by molar-refractivity contribution is -0.128. The van der Waals surface area contributed by atoms with Gasteiger partial charge in [-0.15, -0.1) is 0 Å². The van der Waals surface area contributed by atoms with Gasteiger partial charge in [0.05, 0.1) is 4.90 Å². The Hall–Kier alpha value is -1.66. The first-order chi connectivity index (χ1) is 11.5. The van der Waals surface area contributed by atoms with E-state index >= 15 is 0 Å². The first-order valence-corrected chi connectivity index (χ1v) is 9.98. The number of hydrogen-bond donors (Lipinski definition) is 1. The van der Waals surface area contributed by atoms with Crippen LogP contribution in [0.5, 0.6) is 0 Å². The van der Waals surface area contributed by atoms with Crippen LogP contribution in [-0.2, 0) is 14.8 Å². The van der Waals surface area contributed by atoms with Crippen LogP contribution in [0.15, 0.2) is 35.2 Å². The van der Waals surface area contributed by atoms with Crippen LogP contribution in [0.1, 0.15) is 44.6 Å². The van der Waals surface area contributed by atoms with E-state index in [1.54, 1.807) is 24.3 Å². The van der Waals surface area contributed by atoms with Gasteiger partial charge in [0.15, 0.2) is 0 Å². The van der Waals surface area contributed by atoms with Crippen molar-refractivity contribution in [3.8, 4) is 0 Å². The fourth-order valence-electron chi connectivity index (χ4n) is 3.13. The quantitative estimate of drug-likeness (QED) is 0.802. The molecule has 0 aromatic heterocycles. The number of sulfonamides is 1. The summed E-state index contributed by atoms with van der Waals surface area (Å²) >= 11 is 0. The summed E-state index contributed by atoms with van der Waals surface area (Å²) in [5, 5.41) is 0. The lowest BCUT2D eigenvalue weighted by Gasteiger charge is -2.32. The van der Waals surface area contributed by atoms with Gasteiger partial charge in [0, 0.05) is 18.7 Å². The maximum absolute atomic E-state index is 12.5. The van der Waals surface area contributed by atoms with Gasteiger partial charge in [0.1, 0.15) is 0 Å². The van der Waals surface area contributed by atoms with Gasteiger partial charge in [0.2, 0.25) is 15.9 Å². The van der Waals surface area contributed by atoms with E-state index < -0.39 is 10.0 Å². The van der Waals surface area contributed by atoms with Crippen LogP contribution in [0.25, 0.3) is 6.08 Å². The Balaban J connectivity index is 2.04. The van der Waals surface area contributed by atoms with Crippen molar-refractivity contribution in [3.63, 3.8) is 0 Å². The van der Waals surface area contributed by atoms with Gasteiger partial charge < -0.3 is 4.90 Å². The van der Waals surface area contributed by atoms with Crippen LogP contribution in [0.3, 0.4) is 0 Å². The molecule has 1 aromatic rings. The first-order valence-electron chi connectivity index (χ1n) is 8.50. The monoisotopic (exact) mass is 350 g/mol. The molecule has 24 heavy (non-hydrogen) atoms. The molecular weight excluding hydrogens is 324 g/mol. The summed E-state index contributed by atoms with van der Waals surface area (Å²) in [6.45, 7) is 2.73. The summed E-state index contributed by atoms with van der Waals surface area (Å²) < 4.78 is 25.7. The molecule has 0 spiro atoms. The van der Waals surface area contributed by atoms with E-state index in [-0.39, 0.29) is 10.8 Å². The highest BCUT2D eigenvalue weighted by Gasteiger charge is 2.22. The number of rotatable bonds is 6. The highest BCUT2D eigenvalue weighted by atomic mass is 32.2. The molecule has 1 aromatic carbocycles. The van der Waals surface area contributed by atoms with Gasteiger partial charge in [-0.25, -0.2) is 13.1 Å². The van der Waals surface area contributed by atoms with Crippen LogP contribution in [0.2, 0.25) is 0 Å². The minimum Gasteiger partial charge on any atom is -0.336 e. The van der Waals surface area contributed by atoms with Crippen molar-refractivity contribution >= 4 is 22.0 Å². The van der Waals surface area contributed by atoms with E-state index in [4.69, 9.17) is 0 Å². The van der Waals surface area contributed by atoms with Gasteiger partial charge in [-0.1, -0.05) is 31.4 Å². The number of carbonyl (C=O) groups is 1. The fourth-order valence-corrected chi connectivity index (χ4v) is 3.86. The molecule has 2 rings (SSSR count). The molecule has 0 bridgehead atoms. The molecule has 5 nitrogen and oxygen atoms in total. The number of hydrogen-bond acceptors (Lipinski definition) is 3. The van der Waals surface area contributed by atoms with Crippen molar-refractivity contribution in [2.24, 2.45) is 0 Å². The number of amides is 1. The zero-order chi connectivity index (χ0) is 17.6. The molecule has 1 N–H and O–H groups in total. The Kier molecular flexibility index (Phi) is 6.57. The van der Waals surface area contributed by atoms with Gasteiger partial charge in [-0.2, -0.15) is 0 Å². The molecule has 132 valence electrons. The fraction of sp³-hybridized carbons (Fsp3) is 0.500. The Morgan fingerprint density at radius 1 is 1.21 bits per heavy atom. The van der Waals surface area contributed by atoms with Crippen LogP contribution < -0.4 is 4.72 Å². The third kappa shape index (κ3) is 4.68. The Labute approximate surface area is 144 Å². The molecule has 0 saturated heterocycles. The van der Waals surface area contributed by atoms with Crippen LogP contribution in [0, 0.1) is 0 Å². The van der Waals surface area contributed by atoms with Crippen LogP contribution in [0.4, 0.5) is 0 Å². The van der Waals surface area contributed by atoms with E-state index in [0.29, 0.717) is 12.6 Å². The summed E-state index contributed by atoms with van der Waals surface area (Å²) in [6, 6.07) is 6.82. The summed E-state index contributed by atoms with van der Waals surface area (Å²) in [4.78, 5) is 14.6. The topological polar surface area (TPSA) is 66.5 Å². The third-order valence-corrected chi connectivity index (χ3v) is 5.95. The van der Waals surface area contributed by atoms with Crippen molar-refractivity contribution in [1.29, 1.82) is 0 Å². The number of nitrogens with one attached hydrogen (secondary N) is 1. The lowest BCUT2D eigenvalue weighted by Crippen LogP contribution is -2.40. The van der Waals surface area contributed by atoms with Crippen LogP contribution in [-0.4, -0.2) is 38.9 Å². The van der Waals surface area contributed by atoms with Gasteiger partial charge in [-0.3, -0.25) is 4.79 Å². The lowest BCUT2D eigenvalue weighted by atomic mass is 9.94. The average molecular weight is 350 g/mol. The van der Waals surface area contributed by atoms with E-state index in [9.17, 15) is 13.2 Å². The molecule has 0 heterocycles. The highest BCUT2D eigenvalue weighted by Crippen LogP contribution is 2.23. The zero-order valence-corrected chi connectivity index (χ0v) is 15.2. The normalized spacial score (nSPS) is 16.4. The minimum absolute atomic E-state index is 0.0244. The molecule has 1 saturated carbocycles. The second-order valence-electron chi connectivity index (χ2n) is 6.03. The standard InChI is InChI=1S/C18H26N2O3S/c1-3-20(16-7-5-4-6-8-16)18(21)14-11-15-9-12-17(13-10-15)24(22,23)19-2/h9-14,16,19H,3-8H2,1-2H3/b14-11+. The molecule has 1 aliphatic rings. The predicted molar refractivity (Wildman–Crippen MR) is 96.0 cm³/mol. The molecule has 6 heteroatoms. The van der Waals surface area contributed by atoms with E-state index in [1.165, 1.54) is 38.4 Å². The summed E-state index contributed by atoms with van der Waals surface area (Å²) in [7, 11) is -2.05. The van der Waals surface area contributed by atoms with E-state index in [0.717, 1.165) is 18.4 Å². The summed E-state index contributed by atoms with van der Waals surface area (Å²) in [5.41, 5.74) is 0.804. The maximum atomic E-state index is 12.5. The second kappa shape index (κ2) is 8.44. The second-order valence-corrected chi connectivity index (χ2v) is 7.91. The minimum atomic E-state index is -3.43. The maximum Gasteiger partial charge on any atom is 0.246 e. The largest absolute Gasteiger partial charge is 0.336 e. The van der Waals surface area contributed by atoms with Crippen molar-refractivity contribution in [2.75, 3.05) is 13.6 Å². The third-order valence-electron chi connectivity index (χ3n) is 4.52. The van der Waals surface area contributed by atoms with Crippen LogP contribution >= 0.6 is 0 Å². The molecule has 0 atom stereocenters. The van der Waals surface area contributed by atoms with Gasteiger partial charge in [-0.05, 0) is 50.6 Å². The predicted octanol–water partition coefficient (Wildman–Crippen LogP) is 2.79. The van der Waals surface area contributed by atoms with Gasteiger partial charge in [0.25, 0.3) is 0 Å². The Morgan fingerprint density at radius 2 is 1.83 bits per heavy atom. The van der Waals surface area contributed by atoms with E-state index in [2.05, 4.69) is 4.72 Å². The van der Waals surface area contributed by atoms with Crippen molar-refractivity contribution in [2.45, 2.75) is 50.0 Å².